The fourth-order valence-electron chi connectivity index (χ4n) is 1.65. The summed E-state index contributed by atoms with van der Waals surface area (Å²) < 4.78 is 27.4. The molecule has 0 aromatic heterocycles. The van der Waals surface area contributed by atoms with Crippen molar-refractivity contribution in [3.63, 3.8) is 0 Å². The predicted molar refractivity (Wildman–Crippen MR) is 76.2 cm³/mol. The van der Waals surface area contributed by atoms with Gasteiger partial charge in [-0.25, -0.2) is 8.78 Å². The first kappa shape index (κ1) is 14.3. The minimum absolute atomic E-state index is 0.0201. The summed E-state index contributed by atoms with van der Waals surface area (Å²) in [4.78, 5) is 12.0. The lowest BCUT2D eigenvalue weighted by atomic mass is 10.0. The lowest BCUT2D eigenvalue weighted by Gasteiger charge is -2.05. The van der Waals surface area contributed by atoms with E-state index in [0.717, 1.165) is 0 Å². The second-order valence-electron chi connectivity index (χ2n) is 3.95. The van der Waals surface area contributed by atoms with Gasteiger partial charge in [0.2, 0.25) is 0 Å². The van der Waals surface area contributed by atoms with E-state index < -0.39 is 11.6 Å². The minimum atomic E-state index is -0.575. The molecule has 0 amide bonds. The molecule has 0 N–H and O–H groups in total. The zero-order valence-corrected chi connectivity index (χ0v) is 12.8. The van der Waals surface area contributed by atoms with Crippen LogP contribution in [0.25, 0.3) is 0 Å². The van der Waals surface area contributed by atoms with Crippen molar-refractivity contribution in [2.24, 2.45) is 0 Å². The van der Waals surface area contributed by atoms with Crippen molar-refractivity contribution >= 4 is 37.6 Å². The average molecular weight is 390 g/mol. The van der Waals surface area contributed by atoms with Gasteiger partial charge >= 0.3 is 0 Å². The second kappa shape index (κ2) is 5.92. The fourth-order valence-corrected chi connectivity index (χ4v) is 2.44. The summed E-state index contributed by atoms with van der Waals surface area (Å²) in [5, 5.41) is 0. The lowest BCUT2D eigenvalue weighted by Crippen LogP contribution is -2.06. The van der Waals surface area contributed by atoms with E-state index >= 15 is 0 Å². The molecule has 0 unspecified atom stereocenters. The number of carbonyl (C=O) groups excluding carboxylic acids is 1. The van der Waals surface area contributed by atoms with Gasteiger partial charge in [0.15, 0.2) is 5.78 Å². The van der Waals surface area contributed by atoms with Gasteiger partial charge in [-0.05, 0) is 61.7 Å². The molecule has 5 heteroatoms. The van der Waals surface area contributed by atoms with E-state index in [4.69, 9.17) is 0 Å². The molecule has 0 saturated carbocycles. The van der Waals surface area contributed by atoms with E-state index in [9.17, 15) is 13.6 Å². The number of carbonyl (C=O) groups is 1. The highest BCUT2D eigenvalue weighted by Crippen LogP contribution is 2.22. The number of ketones is 1. The lowest BCUT2D eigenvalue weighted by molar-refractivity contribution is 0.0989. The molecule has 0 saturated heterocycles. The molecule has 2 rings (SSSR count). The number of halogens is 4. The quantitative estimate of drug-likeness (QED) is 0.681. The Bertz CT molecular complexity index is 641. The van der Waals surface area contributed by atoms with Crippen LogP contribution in [-0.2, 0) is 6.42 Å². The summed E-state index contributed by atoms with van der Waals surface area (Å²) >= 11 is 6.09. The Balaban J connectivity index is 2.26. The van der Waals surface area contributed by atoms with Crippen molar-refractivity contribution in [1.82, 2.24) is 0 Å². The molecular weight excluding hydrogens is 382 g/mol. The first-order chi connectivity index (χ1) is 8.99. The van der Waals surface area contributed by atoms with E-state index in [-0.39, 0.29) is 26.7 Å². The third kappa shape index (κ3) is 3.28. The van der Waals surface area contributed by atoms with E-state index in [1.807, 2.05) is 0 Å². The summed E-state index contributed by atoms with van der Waals surface area (Å²) in [5.74, 6) is -1.32. The van der Waals surface area contributed by atoms with Crippen LogP contribution in [0.3, 0.4) is 0 Å². The van der Waals surface area contributed by atoms with Crippen molar-refractivity contribution in [3.05, 3.63) is 68.1 Å². The third-order valence-electron chi connectivity index (χ3n) is 2.60. The van der Waals surface area contributed by atoms with Gasteiger partial charge in [-0.1, -0.05) is 12.1 Å². The van der Waals surface area contributed by atoms with Crippen LogP contribution in [0.4, 0.5) is 8.78 Å². The Morgan fingerprint density at radius 1 is 1.05 bits per heavy atom. The summed E-state index contributed by atoms with van der Waals surface area (Å²) in [6, 6.07) is 8.85. The van der Waals surface area contributed by atoms with Crippen LogP contribution < -0.4 is 0 Å². The molecule has 0 atom stereocenters. The minimum Gasteiger partial charge on any atom is -0.294 e. The van der Waals surface area contributed by atoms with E-state index in [1.165, 1.54) is 30.3 Å². The van der Waals surface area contributed by atoms with Crippen LogP contribution in [0.2, 0.25) is 0 Å². The molecule has 0 spiro atoms. The summed E-state index contributed by atoms with van der Waals surface area (Å²) in [6.45, 7) is 0. The Morgan fingerprint density at radius 2 is 1.79 bits per heavy atom. The Kier molecular flexibility index (Phi) is 4.47. The Labute approximate surface area is 125 Å². The molecule has 0 fully saturated rings. The Morgan fingerprint density at radius 3 is 2.47 bits per heavy atom. The maximum Gasteiger partial charge on any atom is 0.170 e. The molecule has 2 aromatic carbocycles. The van der Waals surface area contributed by atoms with Gasteiger partial charge < -0.3 is 0 Å². The van der Waals surface area contributed by atoms with Crippen LogP contribution in [-0.4, -0.2) is 5.78 Å². The van der Waals surface area contributed by atoms with E-state index in [0.29, 0.717) is 5.56 Å². The number of hydrogen-bond acceptors (Lipinski definition) is 1. The van der Waals surface area contributed by atoms with E-state index in [2.05, 4.69) is 31.9 Å². The SMILES string of the molecule is O=C(Cc1ccc(F)c(Br)c1)c1cccc(Br)c1F. The highest BCUT2D eigenvalue weighted by molar-refractivity contribution is 9.10. The molecule has 0 aliphatic carbocycles. The topological polar surface area (TPSA) is 17.1 Å². The standard InChI is InChI=1S/C14H8Br2F2O/c15-10-3-1-2-9(14(10)18)13(19)7-8-4-5-12(17)11(16)6-8/h1-6H,7H2. The normalized spacial score (nSPS) is 10.5. The van der Waals surface area contributed by atoms with Crippen molar-refractivity contribution < 1.29 is 13.6 Å². The van der Waals surface area contributed by atoms with Crippen molar-refractivity contribution in [2.75, 3.05) is 0 Å². The molecule has 0 aliphatic rings. The van der Waals surface area contributed by atoms with Crippen LogP contribution in [0.5, 0.6) is 0 Å². The zero-order chi connectivity index (χ0) is 14.0. The predicted octanol–water partition coefficient (Wildman–Crippen LogP) is 4.92. The van der Waals surface area contributed by atoms with Gasteiger partial charge in [0.25, 0.3) is 0 Å². The van der Waals surface area contributed by atoms with Crippen molar-refractivity contribution in [1.29, 1.82) is 0 Å². The molecule has 2 aromatic rings. The van der Waals surface area contributed by atoms with Crippen LogP contribution in [0.15, 0.2) is 45.3 Å². The maximum atomic E-state index is 13.8. The van der Waals surface area contributed by atoms with Crippen LogP contribution >= 0.6 is 31.9 Å². The Hall–Kier alpha value is -1.07. The fraction of sp³-hybridized carbons (Fsp3) is 0.0714. The van der Waals surface area contributed by atoms with Crippen molar-refractivity contribution in [2.45, 2.75) is 6.42 Å². The summed E-state index contributed by atoms with van der Waals surface area (Å²) in [7, 11) is 0. The zero-order valence-electron chi connectivity index (χ0n) is 9.59. The van der Waals surface area contributed by atoms with Gasteiger partial charge in [0.05, 0.1) is 14.5 Å². The summed E-state index contributed by atoms with van der Waals surface area (Å²) in [6.07, 6.45) is 0.0201. The van der Waals surface area contributed by atoms with Gasteiger partial charge in [-0.3, -0.25) is 4.79 Å². The molecule has 0 aliphatic heterocycles. The van der Waals surface area contributed by atoms with Gasteiger partial charge in [-0.15, -0.1) is 0 Å². The highest BCUT2D eigenvalue weighted by Gasteiger charge is 2.14. The average Bonchev–Trinajstić information content (AvgIpc) is 2.37. The second-order valence-corrected chi connectivity index (χ2v) is 5.66. The van der Waals surface area contributed by atoms with Gasteiger partial charge in [0.1, 0.15) is 11.6 Å². The molecule has 19 heavy (non-hydrogen) atoms. The number of benzene rings is 2. The largest absolute Gasteiger partial charge is 0.294 e. The van der Waals surface area contributed by atoms with Gasteiger partial charge in [-0.2, -0.15) is 0 Å². The molecule has 0 heterocycles. The molecule has 98 valence electrons. The number of Topliss-reactive ketones (excluding diaryl/α,β-unsaturated/α-hetero) is 1. The molecule has 0 bridgehead atoms. The third-order valence-corrected chi connectivity index (χ3v) is 3.82. The smallest absolute Gasteiger partial charge is 0.170 e. The number of hydrogen-bond donors (Lipinski definition) is 0. The van der Waals surface area contributed by atoms with E-state index in [1.54, 1.807) is 6.07 Å². The first-order valence-electron chi connectivity index (χ1n) is 5.40. The molecule has 1 nitrogen and oxygen atoms in total. The van der Waals surface area contributed by atoms with Crippen LogP contribution in [0, 0.1) is 11.6 Å². The molecular formula is C14H8Br2F2O. The highest BCUT2D eigenvalue weighted by atomic mass is 79.9. The summed E-state index contributed by atoms with van der Waals surface area (Å²) in [5.41, 5.74) is 0.646. The monoisotopic (exact) mass is 388 g/mol. The van der Waals surface area contributed by atoms with Gasteiger partial charge in [0, 0.05) is 6.42 Å². The van der Waals surface area contributed by atoms with Crippen LogP contribution in [0.1, 0.15) is 15.9 Å². The number of rotatable bonds is 3. The first-order valence-corrected chi connectivity index (χ1v) is 6.99. The maximum absolute atomic E-state index is 13.8. The molecule has 0 radical (unpaired) electrons. The van der Waals surface area contributed by atoms with Crippen molar-refractivity contribution in [3.8, 4) is 0 Å².